The second kappa shape index (κ2) is 10.3. The van der Waals surface area contributed by atoms with Gasteiger partial charge in [0.15, 0.2) is 0 Å². The number of carbonyl (C=O) groups excluding carboxylic acids is 1. The molecule has 1 aliphatic carbocycles. The molecule has 2 aromatic carbocycles. The minimum absolute atomic E-state index is 0.00809. The van der Waals surface area contributed by atoms with E-state index in [1.54, 1.807) is 23.5 Å². The lowest BCUT2D eigenvalue weighted by molar-refractivity contribution is 0.0619. The number of nitrogens with zero attached hydrogens (tertiary/aromatic N) is 2. The number of ether oxygens (including phenoxy) is 1. The monoisotopic (exact) mass is 452 g/mol. The average molecular weight is 453 g/mol. The highest BCUT2D eigenvalue weighted by Crippen LogP contribution is 2.39. The van der Waals surface area contributed by atoms with Crippen molar-refractivity contribution in [1.82, 2.24) is 9.88 Å². The molecule has 1 aliphatic rings. The minimum atomic E-state index is -0.277. The van der Waals surface area contributed by atoms with E-state index in [1.165, 1.54) is 12.1 Å². The Morgan fingerprint density at radius 1 is 1.19 bits per heavy atom. The number of carbonyl (C=O) groups is 1. The molecule has 6 heteroatoms. The van der Waals surface area contributed by atoms with Gasteiger partial charge >= 0.3 is 0 Å². The summed E-state index contributed by atoms with van der Waals surface area (Å²) in [5, 5.41) is 0.895. The summed E-state index contributed by atoms with van der Waals surface area (Å²) in [6.45, 7) is 5.24. The highest BCUT2D eigenvalue weighted by Gasteiger charge is 2.38. The molecule has 32 heavy (non-hydrogen) atoms. The number of aromatic nitrogens is 1. The molecule has 1 fully saturated rings. The Bertz CT molecular complexity index is 1030. The number of rotatable bonds is 10. The molecule has 0 radical (unpaired) electrons. The van der Waals surface area contributed by atoms with Gasteiger partial charge in [-0.3, -0.25) is 4.79 Å². The number of thiazole rings is 1. The predicted octanol–water partition coefficient (Wildman–Crippen LogP) is 6.36. The van der Waals surface area contributed by atoms with Crippen LogP contribution in [0.1, 0.15) is 48.1 Å². The van der Waals surface area contributed by atoms with Crippen LogP contribution in [-0.2, 0) is 0 Å². The van der Waals surface area contributed by atoms with Crippen molar-refractivity contribution in [2.24, 2.45) is 5.92 Å². The van der Waals surface area contributed by atoms with Gasteiger partial charge in [-0.25, -0.2) is 9.37 Å². The highest BCUT2D eigenvalue weighted by molar-refractivity contribution is 7.15. The number of halogens is 1. The second-order valence-electron chi connectivity index (χ2n) is 8.27. The van der Waals surface area contributed by atoms with E-state index in [2.05, 4.69) is 11.9 Å². The highest BCUT2D eigenvalue weighted by atomic mass is 32.1. The first-order valence-electron chi connectivity index (χ1n) is 11.3. The van der Waals surface area contributed by atoms with Crippen LogP contribution in [0.3, 0.4) is 0 Å². The first kappa shape index (κ1) is 22.5. The van der Waals surface area contributed by atoms with Gasteiger partial charge in [-0.1, -0.05) is 37.3 Å². The first-order valence-corrected chi connectivity index (χ1v) is 12.1. The van der Waals surface area contributed by atoms with Gasteiger partial charge in [0, 0.05) is 19.0 Å². The van der Waals surface area contributed by atoms with Gasteiger partial charge in [-0.05, 0) is 61.9 Å². The molecular formula is C26H29FN2O2S. The molecule has 1 aromatic heterocycles. The molecule has 0 spiro atoms. The van der Waals surface area contributed by atoms with Crippen molar-refractivity contribution in [2.75, 3.05) is 13.2 Å². The zero-order valence-corrected chi connectivity index (χ0v) is 19.4. The zero-order valence-electron chi connectivity index (χ0n) is 18.6. The normalized spacial score (nSPS) is 14.2. The fourth-order valence-electron chi connectivity index (χ4n) is 4.11. The summed E-state index contributed by atoms with van der Waals surface area (Å²) in [7, 11) is 0. The van der Waals surface area contributed by atoms with E-state index in [9.17, 15) is 9.18 Å². The Hall–Kier alpha value is -2.73. The largest absolute Gasteiger partial charge is 0.494 e. The molecule has 3 aromatic rings. The van der Waals surface area contributed by atoms with Crippen molar-refractivity contribution in [1.29, 1.82) is 0 Å². The van der Waals surface area contributed by atoms with Crippen molar-refractivity contribution in [3.05, 3.63) is 71.1 Å². The fraction of sp³-hybridized carbons (Fsp3) is 0.385. The first-order chi connectivity index (χ1) is 15.6. The third kappa shape index (κ3) is 5.36. The molecule has 1 atom stereocenters. The molecule has 0 N–H and O–H groups in total. The van der Waals surface area contributed by atoms with E-state index >= 15 is 0 Å². The number of hydrogen-bond acceptors (Lipinski definition) is 4. The molecule has 0 aliphatic heterocycles. The summed E-state index contributed by atoms with van der Waals surface area (Å²) >= 11 is 1.57. The van der Waals surface area contributed by atoms with Crippen LogP contribution in [0.4, 0.5) is 4.39 Å². The lowest BCUT2D eigenvalue weighted by Gasteiger charge is -2.32. The topological polar surface area (TPSA) is 42.4 Å². The quantitative estimate of drug-likeness (QED) is 0.360. The molecular weight excluding hydrogens is 423 g/mol. The Labute approximate surface area is 193 Å². The standard InChI is InChI=1S/C26H29FN2O2S/c1-3-16-29(23(19-9-10-19)15-17-31-22-13-11-21(27)12-14-22)26(30)24-25(32-18(2)28-24)20-7-5-4-6-8-20/h4-8,11-14,19,23H,3,9-10,15-17H2,1-2H3. The van der Waals surface area contributed by atoms with E-state index in [-0.39, 0.29) is 17.8 Å². The molecule has 4 rings (SSSR count). The average Bonchev–Trinajstić information content (AvgIpc) is 3.57. The van der Waals surface area contributed by atoms with Gasteiger partial charge in [0.25, 0.3) is 5.91 Å². The maximum absolute atomic E-state index is 13.8. The molecule has 0 saturated heterocycles. The molecule has 1 heterocycles. The fourth-order valence-corrected chi connectivity index (χ4v) is 5.02. The number of benzene rings is 2. The van der Waals surface area contributed by atoms with Crippen LogP contribution in [0.2, 0.25) is 0 Å². The van der Waals surface area contributed by atoms with E-state index in [0.717, 1.165) is 41.1 Å². The summed E-state index contributed by atoms with van der Waals surface area (Å²) in [4.78, 5) is 21.4. The smallest absolute Gasteiger partial charge is 0.274 e. The van der Waals surface area contributed by atoms with E-state index in [1.807, 2.05) is 42.2 Å². The minimum Gasteiger partial charge on any atom is -0.494 e. The van der Waals surface area contributed by atoms with Gasteiger partial charge in [0.2, 0.25) is 0 Å². The summed E-state index contributed by atoms with van der Waals surface area (Å²) in [6.07, 6.45) is 3.90. The molecule has 1 saturated carbocycles. The summed E-state index contributed by atoms with van der Waals surface area (Å²) in [5.74, 6) is 0.882. The second-order valence-corrected chi connectivity index (χ2v) is 9.47. The summed E-state index contributed by atoms with van der Waals surface area (Å²) < 4.78 is 19.0. The molecule has 1 unspecified atom stereocenters. The van der Waals surface area contributed by atoms with Crippen LogP contribution in [0, 0.1) is 18.7 Å². The van der Waals surface area contributed by atoms with E-state index < -0.39 is 0 Å². The third-order valence-electron chi connectivity index (χ3n) is 5.76. The Balaban J connectivity index is 1.53. The zero-order chi connectivity index (χ0) is 22.5. The lowest BCUT2D eigenvalue weighted by atomic mass is 10.0. The van der Waals surface area contributed by atoms with Crippen molar-refractivity contribution >= 4 is 17.2 Å². The van der Waals surface area contributed by atoms with Crippen LogP contribution in [0.5, 0.6) is 5.75 Å². The van der Waals surface area contributed by atoms with Crippen molar-refractivity contribution in [2.45, 2.75) is 45.6 Å². The van der Waals surface area contributed by atoms with Crippen LogP contribution in [0.25, 0.3) is 10.4 Å². The van der Waals surface area contributed by atoms with E-state index in [0.29, 0.717) is 30.5 Å². The number of aryl methyl sites for hydroxylation is 1. The third-order valence-corrected chi connectivity index (χ3v) is 6.78. The molecule has 1 amide bonds. The number of amides is 1. The van der Waals surface area contributed by atoms with Gasteiger partial charge in [-0.2, -0.15) is 0 Å². The van der Waals surface area contributed by atoms with Crippen molar-refractivity contribution in [3.63, 3.8) is 0 Å². The Morgan fingerprint density at radius 3 is 2.56 bits per heavy atom. The molecule has 168 valence electrons. The van der Waals surface area contributed by atoms with Gasteiger partial charge in [0.05, 0.1) is 16.5 Å². The molecule has 4 nitrogen and oxygen atoms in total. The maximum atomic E-state index is 13.8. The van der Waals surface area contributed by atoms with Crippen LogP contribution >= 0.6 is 11.3 Å². The lowest BCUT2D eigenvalue weighted by Crippen LogP contribution is -2.43. The maximum Gasteiger partial charge on any atom is 0.274 e. The Kier molecular flexibility index (Phi) is 7.20. The number of hydrogen-bond donors (Lipinski definition) is 0. The van der Waals surface area contributed by atoms with Crippen LogP contribution < -0.4 is 4.74 Å². The summed E-state index contributed by atoms with van der Waals surface area (Å²) in [5.41, 5.74) is 1.58. The Morgan fingerprint density at radius 2 is 1.91 bits per heavy atom. The molecule has 0 bridgehead atoms. The van der Waals surface area contributed by atoms with Gasteiger partial charge in [0.1, 0.15) is 17.3 Å². The summed E-state index contributed by atoms with van der Waals surface area (Å²) in [6, 6.07) is 16.2. The van der Waals surface area contributed by atoms with Crippen molar-refractivity contribution in [3.8, 4) is 16.2 Å². The van der Waals surface area contributed by atoms with Crippen LogP contribution in [-0.4, -0.2) is 35.0 Å². The SMILES string of the molecule is CCCN(C(=O)c1nc(C)sc1-c1ccccc1)C(CCOc1ccc(F)cc1)C1CC1. The van der Waals surface area contributed by atoms with E-state index in [4.69, 9.17) is 4.74 Å². The van der Waals surface area contributed by atoms with Gasteiger partial charge in [-0.15, -0.1) is 11.3 Å². The predicted molar refractivity (Wildman–Crippen MR) is 127 cm³/mol. The van der Waals surface area contributed by atoms with Crippen LogP contribution in [0.15, 0.2) is 54.6 Å². The van der Waals surface area contributed by atoms with Crippen molar-refractivity contribution < 1.29 is 13.9 Å². The van der Waals surface area contributed by atoms with Gasteiger partial charge < -0.3 is 9.64 Å².